The molecule has 0 bridgehead atoms. The first-order valence-corrected chi connectivity index (χ1v) is 7.08. The fourth-order valence-electron chi connectivity index (χ4n) is 2.86. The Morgan fingerprint density at radius 1 is 1.22 bits per heavy atom. The Labute approximate surface area is 111 Å². The van der Waals surface area contributed by atoms with Crippen molar-refractivity contribution in [3.63, 3.8) is 0 Å². The smallest absolute Gasteiger partial charge is 0.115 e. The molecular weight excluding hydrogens is 222 g/mol. The summed E-state index contributed by atoms with van der Waals surface area (Å²) in [6.45, 7) is 9.46. The van der Waals surface area contributed by atoms with Crippen molar-refractivity contribution in [2.24, 2.45) is 11.8 Å². The molecule has 0 saturated carbocycles. The van der Waals surface area contributed by atoms with Crippen LogP contribution in [0.25, 0.3) is 0 Å². The normalized spacial score (nSPS) is 22.6. The summed E-state index contributed by atoms with van der Waals surface area (Å²) in [4.78, 5) is 2.61. The molecule has 1 aliphatic rings. The molecular formula is C16H25NO. The second kappa shape index (κ2) is 5.75. The van der Waals surface area contributed by atoms with Crippen molar-refractivity contribution in [2.45, 2.75) is 39.7 Å². The molecule has 2 unspecified atom stereocenters. The molecule has 1 heterocycles. The van der Waals surface area contributed by atoms with Crippen LogP contribution in [-0.2, 0) is 6.42 Å². The van der Waals surface area contributed by atoms with Crippen molar-refractivity contribution in [1.29, 1.82) is 0 Å². The molecule has 1 saturated heterocycles. The number of rotatable bonds is 4. The van der Waals surface area contributed by atoms with Gasteiger partial charge in [0.05, 0.1) is 0 Å². The van der Waals surface area contributed by atoms with Crippen LogP contribution in [0.15, 0.2) is 24.3 Å². The zero-order valence-electron chi connectivity index (χ0n) is 11.8. The van der Waals surface area contributed by atoms with Gasteiger partial charge >= 0.3 is 0 Å². The molecule has 0 amide bonds. The highest BCUT2D eigenvalue weighted by Crippen LogP contribution is 2.26. The summed E-state index contributed by atoms with van der Waals surface area (Å²) in [5.74, 6) is 2.02. The Bertz CT molecular complexity index is 371. The van der Waals surface area contributed by atoms with Gasteiger partial charge in [-0.25, -0.2) is 0 Å². The summed E-state index contributed by atoms with van der Waals surface area (Å²) in [6.07, 6.45) is 2.42. The third-order valence-electron chi connectivity index (χ3n) is 4.29. The summed E-state index contributed by atoms with van der Waals surface area (Å²) < 4.78 is 0. The van der Waals surface area contributed by atoms with Gasteiger partial charge in [-0.1, -0.05) is 26.0 Å². The minimum atomic E-state index is 0.354. The number of hydrogen-bond acceptors (Lipinski definition) is 2. The Balaban J connectivity index is 1.89. The van der Waals surface area contributed by atoms with Crippen LogP contribution in [0.1, 0.15) is 32.8 Å². The maximum Gasteiger partial charge on any atom is 0.115 e. The molecule has 0 spiro atoms. The lowest BCUT2D eigenvalue weighted by atomic mass is 9.95. The summed E-state index contributed by atoms with van der Waals surface area (Å²) in [6, 6.07) is 8.22. The Hall–Kier alpha value is -1.02. The van der Waals surface area contributed by atoms with Gasteiger partial charge in [-0.3, -0.25) is 0 Å². The van der Waals surface area contributed by atoms with E-state index >= 15 is 0 Å². The highest BCUT2D eigenvalue weighted by atomic mass is 16.3. The number of hydrogen-bond donors (Lipinski definition) is 1. The number of aromatic hydroxyl groups is 1. The molecule has 0 aliphatic carbocycles. The molecule has 1 aromatic carbocycles. The van der Waals surface area contributed by atoms with Crippen LogP contribution in [0.4, 0.5) is 0 Å². The van der Waals surface area contributed by atoms with Gasteiger partial charge in [-0.15, -0.1) is 0 Å². The lowest BCUT2D eigenvalue weighted by molar-refractivity contribution is 0.238. The van der Waals surface area contributed by atoms with Crippen LogP contribution in [0.2, 0.25) is 0 Å². The average molecular weight is 247 g/mol. The van der Waals surface area contributed by atoms with Gasteiger partial charge in [0.2, 0.25) is 0 Å². The maximum atomic E-state index is 9.29. The summed E-state index contributed by atoms with van der Waals surface area (Å²) in [5, 5.41) is 9.29. The molecule has 0 radical (unpaired) electrons. The van der Waals surface area contributed by atoms with Crippen LogP contribution in [-0.4, -0.2) is 29.1 Å². The van der Waals surface area contributed by atoms with Crippen molar-refractivity contribution >= 4 is 0 Å². The maximum absolute atomic E-state index is 9.29. The van der Waals surface area contributed by atoms with Gasteiger partial charge in [0.1, 0.15) is 5.75 Å². The number of phenols is 1. The van der Waals surface area contributed by atoms with E-state index in [4.69, 9.17) is 0 Å². The molecule has 2 atom stereocenters. The first-order chi connectivity index (χ1) is 8.56. The fourth-order valence-corrected chi connectivity index (χ4v) is 2.86. The summed E-state index contributed by atoms with van der Waals surface area (Å²) in [5.41, 5.74) is 1.31. The van der Waals surface area contributed by atoms with Crippen LogP contribution in [0.3, 0.4) is 0 Å². The first kappa shape index (κ1) is 13.4. The highest BCUT2D eigenvalue weighted by molar-refractivity contribution is 5.26. The van der Waals surface area contributed by atoms with E-state index in [1.807, 2.05) is 12.1 Å². The molecule has 2 rings (SSSR count). The van der Waals surface area contributed by atoms with Crippen molar-refractivity contribution in [3.8, 4) is 5.75 Å². The third-order valence-corrected chi connectivity index (χ3v) is 4.29. The van der Waals surface area contributed by atoms with E-state index in [2.05, 4.69) is 25.7 Å². The van der Waals surface area contributed by atoms with Crippen LogP contribution in [0, 0.1) is 11.8 Å². The topological polar surface area (TPSA) is 23.5 Å². The van der Waals surface area contributed by atoms with Crippen molar-refractivity contribution < 1.29 is 5.11 Å². The Morgan fingerprint density at radius 3 is 2.44 bits per heavy atom. The van der Waals surface area contributed by atoms with E-state index in [0.717, 1.165) is 18.3 Å². The predicted octanol–water partition coefficient (Wildman–Crippen LogP) is 3.30. The lowest BCUT2D eigenvalue weighted by Gasteiger charge is -2.25. The standard InChI is InChI=1S/C16H25NO/c1-12(2)15-8-9-17(11-15)13(3)10-14-4-6-16(18)7-5-14/h4-7,12-13,15,18H,8-11H2,1-3H3. The number of nitrogens with zero attached hydrogens (tertiary/aromatic N) is 1. The number of benzene rings is 1. The summed E-state index contributed by atoms with van der Waals surface area (Å²) in [7, 11) is 0. The molecule has 0 aromatic heterocycles. The van der Waals surface area contributed by atoms with Gasteiger partial charge in [0, 0.05) is 12.6 Å². The van der Waals surface area contributed by atoms with Gasteiger partial charge in [-0.05, 0) is 55.8 Å². The van der Waals surface area contributed by atoms with E-state index in [0.29, 0.717) is 11.8 Å². The van der Waals surface area contributed by atoms with E-state index in [-0.39, 0.29) is 0 Å². The molecule has 2 heteroatoms. The molecule has 1 aliphatic heterocycles. The molecule has 2 nitrogen and oxygen atoms in total. The SMILES string of the molecule is CC(C)C1CCN(C(C)Cc2ccc(O)cc2)C1. The van der Waals surface area contributed by atoms with E-state index in [9.17, 15) is 5.11 Å². The van der Waals surface area contributed by atoms with Crippen LogP contribution >= 0.6 is 0 Å². The minimum Gasteiger partial charge on any atom is -0.508 e. The second-order valence-electron chi connectivity index (χ2n) is 6.01. The van der Waals surface area contributed by atoms with Gasteiger partial charge in [0.25, 0.3) is 0 Å². The Kier molecular flexibility index (Phi) is 4.28. The molecule has 1 N–H and O–H groups in total. The molecule has 100 valence electrons. The quantitative estimate of drug-likeness (QED) is 0.882. The third kappa shape index (κ3) is 3.26. The first-order valence-electron chi connectivity index (χ1n) is 7.08. The molecule has 18 heavy (non-hydrogen) atoms. The number of phenolic OH excluding ortho intramolecular Hbond substituents is 1. The van der Waals surface area contributed by atoms with Crippen molar-refractivity contribution in [2.75, 3.05) is 13.1 Å². The van der Waals surface area contributed by atoms with Gasteiger partial charge in [-0.2, -0.15) is 0 Å². The number of likely N-dealkylation sites (tertiary alicyclic amines) is 1. The monoisotopic (exact) mass is 247 g/mol. The summed E-state index contributed by atoms with van der Waals surface area (Å²) >= 11 is 0. The zero-order valence-corrected chi connectivity index (χ0v) is 11.8. The zero-order chi connectivity index (χ0) is 13.1. The van der Waals surface area contributed by atoms with E-state index < -0.39 is 0 Å². The largest absolute Gasteiger partial charge is 0.508 e. The lowest BCUT2D eigenvalue weighted by Crippen LogP contribution is -2.33. The minimum absolute atomic E-state index is 0.354. The predicted molar refractivity (Wildman–Crippen MR) is 75.8 cm³/mol. The average Bonchev–Trinajstić information content (AvgIpc) is 2.81. The van der Waals surface area contributed by atoms with Crippen LogP contribution < -0.4 is 0 Å². The van der Waals surface area contributed by atoms with Gasteiger partial charge in [0.15, 0.2) is 0 Å². The van der Waals surface area contributed by atoms with Gasteiger partial charge < -0.3 is 10.0 Å². The van der Waals surface area contributed by atoms with E-state index in [1.54, 1.807) is 12.1 Å². The van der Waals surface area contributed by atoms with Crippen molar-refractivity contribution in [3.05, 3.63) is 29.8 Å². The van der Waals surface area contributed by atoms with Crippen LogP contribution in [0.5, 0.6) is 5.75 Å². The van der Waals surface area contributed by atoms with E-state index in [1.165, 1.54) is 25.1 Å². The van der Waals surface area contributed by atoms with Crippen molar-refractivity contribution in [1.82, 2.24) is 4.90 Å². The highest BCUT2D eigenvalue weighted by Gasteiger charge is 2.27. The fraction of sp³-hybridized carbons (Fsp3) is 0.625. The second-order valence-corrected chi connectivity index (χ2v) is 6.01. The Morgan fingerprint density at radius 2 is 1.89 bits per heavy atom. The molecule has 1 aromatic rings. The molecule has 1 fully saturated rings.